The Morgan fingerprint density at radius 3 is 1.00 bits per heavy atom. The van der Waals surface area contributed by atoms with Gasteiger partial charge in [-0.3, -0.25) is 13.8 Å². The van der Waals surface area contributed by atoms with Gasteiger partial charge in [-0.15, -0.1) is 0 Å². The SMILES string of the molecule is CC(=O)NC1C(OP(=O)(O)OP(=O)(O)OCC=C(C)CCC=C(C)CCC=C(C)CCC=C(C)CCC=C(C)CCC=C(C)CCC=C(C)CCC=C(C)CCC=C(C)CCC=C(C)CCC=C(C)C)OC(CO)C(O)C1O. The summed E-state index contributed by atoms with van der Waals surface area (Å²) in [4.78, 5) is 31.9. The molecule has 0 aliphatic carbocycles. The predicted molar refractivity (Wildman–Crippen MR) is 322 cm³/mol. The molecular formula is C63H105NO12P2. The van der Waals surface area contributed by atoms with Crippen LogP contribution in [-0.2, 0) is 32.0 Å². The number of phosphoric acid groups is 2. The molecule has 0 bridgehead atoms. The molecule has 7 unspecified atom stereocenters. The van der Waals surface area contributed by atoms with Gasteiger partial charge in [0.25, 0.3) is 0 Å². The monoisotopic (exact) mass is 1130 g/mol. The molecule has 7 atom stereocenters. The maximum atomic E-state index is 12.6. The summed E-state index contributed by atoms with van der Waals surface area (Å²) in [5.74, 6) is -0.707. The first kappa shape index (κ1) is 72.7. The first-order valence-corrected chi connectivity index (χ1v) is 31.5. The summed E-state index contributed by atoms with van der Waals surface area (Å²) >= 11 is 0. The van der Waals surface area contributed by atoms with Crippen LogP contribution in [-0.4, -0.2) is 74.9 Å². The van der Waals surface area contributed by atoms with E-state index >= 15 is 0 Å². The van der Waals surface area contributed by atoms with E-state index in [2.05, 4.69) is 147 Å². The first-order chi connectivity index (χ1) is 36.7. The van der Waals surface area contributed by atoms with Gasteiger partial charge < -0.3 is 35.2 Å². The Morgan fingerprint density at radius 2 is 0.731 bits per heavy atom. The minimum Gasteiger partial charge on any atom is -0.394 e. The third kappa shape index (κ3) is 36.9. The normalized spacial score (nSPS) is 21.6. The smallest absolute Gasteiger partial charge is 0.394 e. The number of carbonyl (C=O) groups excluding carboxylic acids is 1. The minimum absolute atomic E-state index is 0.407. The highest BCUT2D eigenvalue weighted by atomic mass is 31.3. The lowest BCUT2D eigenvalue weighted by atomic mass is 9.97. The van der Waals surface area contributed by atoms with Crippen LogP contribution in [0.3, 0.4) is 0 Å². The first-order valence-electron chi connectivity index (χ1n) is 28.5. The molecule has 1 aliphatic heterocycles. The van der Waals surface area contributed by atoms with Gasteiger partial charge in [0.15, 0.2) is 6.29 Å². The molecule has 6 N–H and O–H groups in total. The standard InChI is InChI=1S/C63H105NO12P2/c1-47(2)24-14-25-48(3)26-15-27-49(4)28-16-29-50(5)30-17-31-51(6)32-18-33-52(7)34-19-35-53(8)36-20-37-54(9)38-21-39-55(10)40-22-41-56(11)42-23-43-57(12)44-45-73-77(69,70)76-78(71,72)75-63-60(64-58(13)66)62(68)61(67)59(46-65)74-63/h24,26,28,30,32,34,36,38,40,42,44,59-63,65,67-68H,14-23,25,27,29,31,33,35,37,39,41,43,45-46H2,1-13H3,(H,64,66)(H,69,70)(H,71,72). The van der Waals surface area contributed by atoms with E-state index in [0.29, 0.717) is 6.42 Å². The molecule has 0 radical (unpaired) electrons. The second kappa shape index (κ2) is 40.8. The van der Waals surface area contributed by atoms with Gasteiger partial charge >= 0.3 is 15.6 Å². The van der Waals surface area contributed by atoms with E-state index in [9.17, 15) is 39.0 Å². The second-order valence-electron chi connectivity index (χ2n) is 22.0. The fourth-order valence-corrected chi connectivity index (χ4v) is 10.8. The van der Waals surface area contributed by atoms with E-state index < -0.39 is 65.4 Å². The number of hydrogen-bond acceptors (Lipinski definition) is 10. The Kier molecular flexibility index (Phi) is 38.1. The Labute approximate surface area is 472 Å². The van der Waals surface area contributed by atoms with Gasteiger partial charge in [-0.25, -0.2) is 9.13 Å². The van der Waals surface area contributed by atoms with Crippen molar-refractivity contribution >= 4 is 21.6 Å². The molecule has 0 aromatic heterocycles. The molecule has 13 nitrogen and oxygen atoms in total. The maximum absolute atomic E-state index is 12.6. The van der Waals surface area contributed by atoms with Gasteiger partial charge in [0.1, 0.15) is 24.4 Å². The van der Waals surface area contributed by atoms with Crippen LogP contribution in [0.1, 0.15) is 218 Å². The lowest BCUT2D eigenvalue weighted by molar-refractivity contribution is -0.247. The molecule has 0 aromatic carbocycles. The molecule has 1 fully saturated rings. The zero-order valence-corrected chi connectivity index (χ0v) is 52.1. The Morgan fingerprint density at radius 1 is 0.449 bits per heavy atom. The topological polar surface area (TPSA) is 201 Å². The highest BCUT2D eigenvalue weighted by molar-refractivity contribution is 7.61. The summed E-state index contributed by atoms with van der Waals surface area (Å²) in [5, 5.41) is 32.1. The van der Waals surface area contributed by atoms with Crippen molar-refractivity contribution in [2.24, 2.45) is 0 Å². The average molecular weight is 1130 g/mol. The van der Waals surface area contributed by atoms with E-state index in [0.717, 1.165) is 128 Å². The van der Waals surface area contributed by atoms with Crippen molar-refractivity contribution in [3.63, 3.8) is 0 Å². The molecule has 1 saturated heterocycles. The van der Waals surface area contributed by atoms with E-state index in [1.54, 1.807) is 6.08 Å². The van der Waals surface area contributed by atoms with E-state index in [-0.39, 0.29) is 0 Å². The quantitative estimate of drug-likeness (QED) is 0.0252. The van der Waals surface area contributed by atoms with Gasteiger partial charge in [-0.05, 0) is 212 Å². The van der Waals surface area contributed by atoms with Crippen molar-refractivity contribution < 1.29 is 57.1 Å². The second-order valence-corrected chi connectivity index (χ2v) is 25.0. The molecule has 78 heavy (non-hydrogen) atoms. The van der Waals surface area contributed by atoms with Crippen LogP contribution >= 0.6 is 15.6 Å². The van der Waals surface area contributed by atoms with Crippen molar-refractivity contribution in [3.05, 3.63) is 128 Å². The van der Waals surface area contributed by atoms with Gasteiger partial charge in [0.2, 0.25) is 5.91 Å². The van der Waals surface area contributed by atoms with Crippen molar-refractivity contribution in [1.29, 1.82) is 0 Å². The van der Waals surface area contributed by atoms with Crippen LogP contribution in [0, 0.1) is 0 Å². The number of phosphoric ester groups is 2. The summed E-state index contributed by atoms with van der Waals surface area (Å²) in [6.07, 6.45) is 39.6. The number of allylic oxidation sites excluding steroid dienone is 21. The number of carbonyl (C=O) groups is 1. The number of ether oxygens (including phenoxy) is 1. The number of hydrogen-bond donors (Lipinski definition) is 6. The molecule has 1 rings (SSSR count). The predicted octanol–water partition coefficient (Wildman–Crippen LogP) is 16.4. The number of aliphatic hydroxyl groups excluding tert-OH is 3. The van der Waals surface area contributed by atoms with Gasteiger partial charge in [0.05, 0.1) is 13.2 Å². The maximum Gasteiger partial charge on any atom is 0.483 e. The van der Waals surface area contributed by atoms with Gasteiger partial charge in [-0.1, -0.05) is 128 Å². The van der Waals surface area contributed by atoms with Crippen LogP contribution in [0.2, 0.25) is 0 Å². The number of amides is 1. The van der Waals surface area contributed by atoms with Crippen LogP contribution < -0.4 is 5.32 Å². The Bertz CT molecular complexity index is 2260. The lowest BCUT2D eigenvalue weighted by Crippen LogP contribution is -2.64. The Hall–Kier alpha value is -3.29. The van der Waals surface area contributed by atoms with Gasteiger partial charge in [-0.2, -0.15) is 4.31 Å². The summed E-state index contributed by atoms with van der Waals surface area (Å²) < 4.78 is 44.4. The fraction of sp³-hybridized carbons (Fsp3) is 0.635. The highest BCUT2D eigenvalue weighted by Gasteiger charge is 2.49. The van der Waals surface area contributed by atoms with E-state index in [4.69, 9.17) is 13.8 Å². The highest BCUT2D eigenvalue weighted by Crippen LogP contribution is 2.61. The molecule has 1 aliphatic rings. The van der Waals surface area contributed by atoms with Crippen molar-refractivity contribution in [2.75, 3.05) is 13.2 Å². The fourth-order valence-electron chi connectivity index (χ4n) is 8.66. The molecule has 444 valence electrons. The van der Waals surface area contributed by atoms with Crippen LogP contribution in [0.15, 0.2) is 128 Å². The van der Waals surface area contributed by atoms with Crippen LogP contribution in [0.25, 0.3) is 0 Å². The summed E-state index contributed by atoms with van der Waals surface area (Å²) in [7, 11) is -10.6. The Balaban J connectivity index is 2.33. The van der Waals surface area contributed by atoms with E-state index in [1.807, 2.05) is 6.92 Å². The zero-order valence-electron chi connectivity index (χ0n) is 50.3. The summed E-state index contributed by atoms with van der Waals surface area (Å²) in [6.45, 7) is 26.2. The molecule has 1 amide bonds. The molecule has 1 heterocycles. The summed E-state index contributed by atoms with van der Waals surface area (Å²) in [6, 6.07) is -1.58. The number of nitrogens with one attached hydrogen (secondary N) is 1. The largest absolute Gasteiger partial charge is 0.483 e. The average Bonchev–Trinajstić information content (AvgIpc) is 3.33. The third-order valence-corrected chi connectivity index (χ3v) is 16.3. The number of rotatable bonds is 39. The molecule has 0 aromatic rings. The van der Waals surface area contributed by atoms with Crippen molar-refractivity contribution in [3.8, 4) is 0 Å². The van der Waals surface area contributed by atoms with Crippen molar-refractivity contribution in [1.82, 2.24) is 5.32 Å². The number of aliphatic hydroxyl groups is 3. The lowest BCUT2D eigenvalue weighted by Gasteiger charge is -2.42. The molecular weight excluding hydrogens is 1020 g/mol. The van der Waals surface area contributed by atoms with Gasteiger partial charge in [0, 0.05) is 6.92 Å². The third-order valence-electron chi connectivity index (χ3n) is 13.7. The van der Waals surface area contributed by atoms with Crippen molar-refractivity contribution in [2.45, 2.75) is 249 Å². The van der Waals surface area contributed by atoms with Crippen LogP contribution in [0.4, 0.5) is 0 Å². The molecule has 15 heteroatoms. The minimum atomic E-state index is -5.42. The zero-order chi connectivity index (χ0) is 58.7. The van der Waals surface area contributed by atoms with E-state index in [1.165, 1.54) is 62.2 Å². The van der Waals surface area contributed by atoms with Crippen LogP contribution in [0.5, 0.6) is 0 Å². The molecule has 0 spiro atoms. The summed E-state index contributed by atoms with van der Waals surface area (Å²) in [5.41, 5.74) is 15.3. The molecule has 0 saturated carbocycles.